The smallest absolute Gasteiger partial charge is 0.348 e. The van der Waals surface area contributed by atoms with Crippen molar-refractivity contribution in [3.05, 3.63) is 34.0 Å². The van der Waals surface area contributed by atoms with Gasteiger partial charge in [0, 0.05) is 6.20 Å². The molecule has 156 valence electrons. The fourth-order valence-corrected chi connectivity index (χ4v) is 3.48. The zero-order valence-electron chi connectivity index (χ0n) is 16.3. The fourth-order valence-electron chi connectivity index (χ4n) is 2.39. The second kappa shape index (κ2) is 9.32. The van der Waals surface area contributed by atoms with Crippen molar-refractivity contribution in [3.63, 3.8) is 0 Å². The highest BCUT2D eigenvalue weighted by atomic mass is 32.1. The number of hydrogen-bond donors (Lipinski definition) is 2. The van der Waals surface area contributed by atoms with Crippen LogP contribution in [0.5, 0.6) is 0 Å². The average Bonchev–Trinajstić information content (AvgIpc) is 3.18. The number of ether oxygens (including phenoxy) is 2. The predicted molar refractivity (Wildman–Crippen MR) is 103 cm³/mol. The van der Waals surface area contributed by atoms with E-state index in [-0.39, 0.29) is 27.6 Å². The van der Waals surface area contributed by atoms with Crippen molar-refractivity contribution in [2.24, 2.45) is 0 Å². The lowest BCUT2D eigenvalue weighted by molar-refractivity contribution is -0.137. The number of amides is 1. The number of aliphatic carboxylic acids is 1. The molecule has 0 aliphatic rings. The van der Waals surface area contributed by atoms with Crippen LogP contribution in [-0.4, -0.2) is 51.4 Å². The maximum atomic E-state index is 12.6. The number of rotatable bonds is 8. The van der Waals surface area contributed by atoms with Crippen LogP contribution in [0, 0.1) is 6.92 Å². The molecule has 11 heteroatoms. The first kappa shape index (κ1) is 22.1. The molecule has 2 heterocycles. The van der Waals surface area contributed by atoms with E-state index in [2.05, 4.69) is 10.4 Å². The van der Waals surface area contributed by atoms with E-state index in [0.29, 0.717) is 5.56 Å². The minimum atomic E-state index is -1.10. The Hall–Kier alpha value is -3.21. The van der Waals surface area contributed by atoms with Crippen LogP contribution in [0.15, 0.2) is 12.4 Å². The first-order valence-corrected chi connectivity index (χ1v) is 9.52. The van der Waals surface area contributed by atoms with E-state index in [1.54, 1.807) is 27.7 Å². The number of carboxylic acids is 1. The molecule has 0 aliphatic carbocycles. The molecule has 0 fully saturated rings. The van der Waals surface area contributed by atoms with Gasteiger partial charge in [-0.25, -0.2) is 9.59 Å². The van der Waals surface area contributed by atoms with Crippen LogP contribution in [0.4, 0.5) is 5.00 Å². The molecular weight excluding hydrogens is 402 g/mol. The van der Waals surface area contributed by atoms with Gasteiger partial charge in [0.05, 0.1) is 30.0 Å². The van der Waals surface area contributed by atoms with Gasteiger partial charge in [-0.15, -0.1) is 11.3 Å². The molecule has 0 spiro atoms. The van der Waals surface area contributed by atoms with Crippen LogP contribution in [-0.2, 0) is 20.8 Å². The number of thiophene rings is 1. The summed E-state index contributed by atoms with van der Waals surface area (Å²) < 4.78 is 11.3. The SMILES string of the molecule is CCOC(=O)c1sc(NC(=O)c2cnn(CC(=O)O)c2)c(C(=O)OC(C)C)c1C. The van der Waals surface area contributed by atoms with Crippen molar-refractivity contribution in [3.8, 4) is 0 Å². The zero-order valence-corrected chi connectivity index (χ0v) is 17.2. The monoisotopic (exact) mass is 423 g/mol. The van der Waals surface area contributed by atoms with Gasteiger partial charge in [-0.05, 0) is 33.3 Å². The highest BCUT2D eigenvalue weighted by Gasteiger charge is 2.28. The van der Waals surface area contributed by atoms with E-state index in [4.69, 9.17) is 14.6 Å². The van der Waals surface area contributed by atoms with Crippen molar-refractivity contribution < 1.29 is 33.8 Å². The van der Waals surface area contributed by atoms with Gasteiger partial charge < -0.3 is 19.9 Å². The molecule has 0 radical (unpaired) electrons. The standard InChI is InChI=1S/C18H21N3O7S/c1-5-27-18(26)14-10(4)13(17(25)28-9(2)3)16(29-14)20-15(24)11-6-19-21(7-11)8-12(22)23/h6-7,9H,5,8H2,1-4H3,(H,20,24)(H,22,23). The summed E-state index contributed by atoms with van der Waals surface area (Å²) in [5.74, 6) is -3.01. The third-order valence-corrected chi connectivity index (χ3v) is 4.76. The summed E-state index contributed by atoms with van der Waals surface area (Å²) in [6, 6.07) is 0. The second-order valence-corrected chi connectivity index (χ2v) is 7.23. The summed E-state index contributed by atoms with van der Waals surface area (Å²) in [7, 11) is 0. The minimum absolute atomic E-state index is 0.0676. The van der Waals surface area contributed by atoms with Crippen LogP contribution in [0.3, 0.4) is 0 Å². The van der Waals surface area contributed by atoms with Gasteiger partial charge in [0.15, 0.2) is 0 Å². The van der Waals surface area contributed by atoms with E-state index in [9.17, 15) is 19.2 Å². The third kappa shape index (κ3) is 5.41. The fraction of sp³-hybridized carbons (Fsp3) is 0.389. The maximum absolute atomic E-state index is 12.6. The number of carboxylic acid groups (broad SMARTS) is 1. The van der Waals surface area contributed by atoms with Gasteiger partial charge in [0.1, 0.15) is 16.4 Å². The molecular formula is C18H21N3O7S. The first-order valence-electron chi connectivity index (χ1n) is 8.71. The summed E-state index contributed by atoms with van der Waals surface area (Å²) in [5, 5.41) is 15.3. The molecule has 2 rings (SSSR count). The lowest BCUT2D eigenvalue weighted by atomic mass is 10.1. The highest BCUT2D eigenvalue weighted by molar-refractivity contribution is 7.18. The van der Waals surface area contributed by atoms with E-state index in [1.165, 1.54) is 12.4 Å². The van der Waals surface area contributed by atoms with E-state index in [1.807, 2.05) is 0 Å². The molecule has 2 N–H and O–H groups in total. The average molecular weight is 423 g/mol. The number of esters is 2. The normalized spacial score (nSPS) is 10.7. The molecule has 0 bridgehead atoms. The molecule has 2 aromatic rings. The van der Waals surface area contributed by atoms with Crippen LogP contribution in [0.25, 0.3) is 0 Å². The Balaban J connectivity index is 2.36. The Bertz CT molecular complexity index is 945. The van der Waals surface area contributed by atoms with Gasteiger partial charge in [-0.1, -0.05) is 0 Å². The third-order valence-electron chi connectivity index (χ3n) is 3.57. The zero-order chi connectivity index (χ0) is 21.7. The lowest BCUT2D eigenvalue weighted by Crippen LogP contribution is -2.17. The van der Waals surface area contributed by atoms with Gasteiger partial charge >= 0.3 is 17.9 Å². The van der Waals surface area contributed by atoms with Gasteiger partial charge in [-0.2, -0.15) is 5.10 Å². The Labute approximate surface area is 170 Å². The highest BCUT2D eigenvalue weighted by Crippen LogP contribution is 2.34. The Morgan fingerprint density at radius 2 is 1.97 bits per heavy atom. The maximum Gasteiger partial charge on any atom is 0.348 e. The number of aromatic nitrogens is 2. The molecule has 10 nitrogen and oxygen atoms in total. The van der Waals surface area contributed by atoms with E-state index < -0.39 is 36.5 Å². The molecule has 0 atom stereocenters. The lowest BCUT2D eigenvalue weighted by Gasteiger charge is -2.10. The molecule has 1 amide bonds. The van der Waals surface area contributed by atoms with Gasteiger partial charge in [0.2, 0.25) is 0 Å². The molecule has 0 saturated heterocycles. The molecule has 0 aliphatic heterocycles. The first-order chi connectivity index (χ1) is 13.6. The quantitative estimate of drug-likeness (QED) is 0.617. The van der Waals surface area contributed by atoms with Crippen LogP contribution >= 0.6 is 11.3 Å². The topological polar surface area (TPSA) is 137 Å². The molecule has 2 aromatic heterocycles. The summed E-state index contributed by atoms with van der Waals surface area (Å²) in [6.45, 7) is 6.35. The van der Waals surface area contributed by atoms with Crippen molar-refractivity contribution in [2.75, 3.05) is 11.9 Å². The van der Waals surface area contributed by atoms with E-state index >= 15 is 0 Å². The Morgan fingerprint density at radius 3 is 2.55 bits per heavy atom. The Morgan fingerprint density at radius 1 is 1.28 bits per heavy atom. The summed E-state index contributed by atoms with van der Waals surface area (Å²) >= 11 is 0.901. The summed E-state index contributed by atoms with van der Waals surface area (Å²) in [4.78, 5) is 48.2. The van der Waals surface area contributed by atoms with E-state index in [0.717, 1.165) is 16.0 Å². The largest absolute Gasteiger partial charge is 0.480 e. The second-order valence-electron chi connectivity index (χ2n) is 6.21. The summed E-state index contributed by atoms with van der Waals surface area (Å²) in [5.41, 5.74) is 0.507. The van der Waals surface area contributed by atoms with Gasteiger partial charge in [0.25, 0.3) is 5.91 Å². The molecule has 0 unspecified atom stereocenters. The van der Waals surface area contributed by atoms with Crippen LogP contribution in [0.1, 0.15) is 56.7 Å². The van der Waals surface area contributed by atoms with Gasteiger partial charge in [-0.3, -0.25) is 14.3 Å². The van der Waals surface area contributed by atoms with Crippen LogP contribution < -0.4 is 5.32 Å². The Kier molecular flexibility index (Phi) is 7.10. The number of carbonyl (C=O) groups is 4. The van der Waals surface area contributed by atoms with Crippen molar-refractivity contribution in [1.29, 1.82) is 0 Å². The number of nitrogens with zero attached hydrogens (tertiary/aromatic N) is 2. The van der Waals surface area contributed by atoms with Crippen molar-refractivity contribution in [2.45, 2.75) is 40.3 Å². The van der Waals surface area contributed by atoms with Crippen molar-refractivity contribution in [1.82, 2.24) is 9.78 Å². The molecule has 0 aromatic carbocycles. The molecule has 0 saturated carbocycles. The van der Waals surface area contributed by atoms with Crippen LogP contribution in [0.2, 0.25) is 0 Å². The molecule has 29 heavy (non-hydrogen) atoms. The number of anilines is 1. The minimum Gasteiger partial charge on any atom is -0.480 e. The summed E-state index contributed by atoms with van der Waals surface area (Å²) in [6.07, 6.45) is 2.07. The number of carbonyl (C=O) groups excluding carboxylic acids is 3. The number of nitrogens with one attached hydrogen (secondary N) is 1. The van der Waals surface area contributed by atoms with Crippen molar-refractivity contribution >= 4 is 40.2 Å². The predicted octanol–water partition coefficient (Wildman–Crippen LogP) is 2.33. The number of hydrogen-bond acceptors (Lipinski definition) is 8.